The van der Waals surface area contributed by atoms with E-state index in [4.69, 9.17) is 9.57 Å². The third-order valence-corrected chi connectivity index (χ3v) is 1.84. The molecule has 0 aliphatic heterocycles. The Labute approximate surface area is 91.4 Å². The first-order valence-corrected chi connectivity index (χ1v) is 5.33. The highest BCUT2D eigenvalue weighted by Gasteiger charge is 2.03. The average Bonchev–Trinajstić information content (AvgIpc) is 2.20. The molecule has 15 heavy (non-hydrogen) atoms. The fourth-order valence-corrected chi connectivity index (χ4v) is 1.25. The Balaban J connectivity index is 2.60. The van der Waals surface area contributed by atoms with Crippen molar-refractivity contribution in [2.24, 2.45) is 0 Å². The second-order valence-corrected chi connectivity index (χ2v) is 3.53. The summed E-state index contributed by atoms with van der Waals surface area (Å²) in [6.45, 7) is 7.31. The summed E-state index contributed by atoms with van der Waals surface area (Å²) in [7, 11) is 0. The molecule has 0 bridgehead atoms. The molecule has 3 nitrogen and oxygen atoms in total. The average molecular weight is 209 g/mol. The lowest BCUT2D eigenvalue weighted by Gasteiger charge is -2.14. The zero-order valence-corrected chi connectivity index (χ0v) is 9.62. The van der Waals surface area contributed by atoms with Crippen LogP contribution in [-0.2, 0) is 11.4 Å². The molecule has 0 amide bonds. The third-order valence-electron chi connectivity index (χ3n) is 1.84. The molecule has 0 saturated carbocycles. The van der Waals surface area contributed by atoms with Crippen LogP contribution in [0, 0.1) is 0 Å². The molecule has 1 aromatic rings. The van der Waals surface area contributed by atoms with E-state index in [-0.39, 0.29) is 6.10 Å². The van der Waals surface area contributed by atoms with Gasteiger partial charge >= 0.3 is 0 Å². The van der Waals surface area contributed by atoms with Gasteiger partial charge in [0.1, 0.15) is 5.75 Å². The van der Waals surface area contributed by atoms with Crippen molar-refractivity contribution in [1.82, 2.24) is 5.48 Å². The highest BCUT2D eigenvalue weighted by Crippen LogP contribution is 2.18. The molecule has 0 atom stereocenters. The largest absolute Gasteiger partial charge is 0.491 e. The van der Waals surface area contributed by atoms with Crippen molar-refractivity contribution in [2.75, 3.05) is 6.61 Å². The van der Waals surface area contributed by atoms with Crippen molar-refractivity contribution in [2.45, 2.75) is 33.4 Å². The fourth-order valence-electron chi connectivity index (χ4n) is 1.25. The Kier molecular flexibility index (Phi) is 5.15. The Hall–Kier alpha value is -1.06. The van der Waals surface area contributed by atoms with Gasteiger partial charge in [-0.05, 0) is 26.8 Å². The van der Waals surface area contributed by atoms with Gasteiger partial charge in [-0.15, -0.1) is 0 Å². The van der Waals surface area contributed by atoms with Crippen LogP contribution in [0.4, 0.5) is 0 Å². The van der Waals surface area contributed by atoms with Crippen molar-refractivity contribution in [1.29, 1.82) is 0 Å². The van der Waals surface area contributed by atoms with E-state index in [2.05, 4.69) is 5.48 Å². The Morgan fingerprint density at radius 2 is 2.00 bits per heavy atom. The van der Waals surface area contributed by atoms with Crippen molar-refractivity contribution in [3.05, 3.63) is 29.8 Å². The van der Waals surface area contributed by atoms with Crippen LogP contribution >= 0.6 is 0 Å². The van der Waals surface area contributed by atoms with Crippen LogP contribution in [0.25, 0.3) is 0 Å². The van der Waals surface area contributed by atoms with Crippen molar-refractivity contribution in [3.63, 3.8) is 0 Å². The van der Waals surface area contributed by atoms with Gasteiger partial charge < -0.3 is 9.57 Å². The zero-order chi connectivity index (χ0) is 11.1. The second kappa shape index (κ2) is 6.43. The smallest absolute Gasteiger partial charge is 0.124 e. The van der Waals surface area contributed by atoms with Gasteiger partial charge in [-0.1, -0.05) is 18.2 Å². The van der Waals surface area contributed by atoms with Gasteiger partial charge in [0.05, 0.1) is 12.7 Å². The second-order valence-electron chi connectivity index (χ2n) is 3.53. The minimum absolute atomic E-state index is 0.193. The van der Waals surface area contributed by atoms with Gasteiger partial charge in [-0.25, -0.2) is 0 Å². The van der Waals surface area contributed by atoms with Crippen molar-refractivity contribution >= 4 is 0 Å². The Morgan fingerprint density at radius 3 is 2.67 bits per heavy atom. The molecule has 1 N–H and O–H groups in total. The summed E-state index contributed by atoms with van der Waals surface area (Å²) >= 11 is 0. The quantitative estimate of drug-likeness (QED) is 0.577. The number of rotatable bonds is 6. The molecule has 0 spiro atoms. The first-order chi connectivity index (χ1) is 7.24. The van der Waals surface area contributed by atoms with Crippen LogP contribution in [0.3, 0.4) is 0 Å². The molecule has 84 valence electrons. The van der Waals surface area contributed by atoms with Crippen molar-refractivity contribution in [3.8, 4) is 5.75 Å². The lowest BCUT2D eigenvalue weighted by molar-refractivity contribution is 0.0456. The fraction of sp³-hybridized carbons (Fsp3) is 0.500. The van der Waals surface area contributed by atoms with E-state index >= 15 is 0 Å². The van der Waals surface area contributed by atoms with Crippen LogP contribution in [-0.4, -0.2) is 12.7 Å². The number of ether oxygens (including phenoxy) is 1. The molecule has 0 radical (unpaired) electrons. The third kappa shape index (κ3) is 4.32. The van der Waals surface area contributed by atoms with Gasteiger partial charge in [0, 0.05) is 12.1 Å². The van der Waals surface area contributed by atoms with Crippen LogP contribution in [0.15, 0.2) is 24.3 Å². The molecular formula is C12H19NO2. The number of benzene rings is 1. The molecule has 0 fully saturated rings. The molecule has 0 aliphatic carbocycles. The lowest BCUT2D eigenvalue weighted by atomic mass is 10.2. The maximum atomic E-state index is 5.68. The predicted octanol–water partition coefficient (Wildman–Crippen LogP) is 2.51. The van der Waals surface area contributed by atoms with E-state index in [9.17, 15) is 0 Å². The number of hydroxylamine groups is 1. The minimum atomic E-state index is 0.193. The Bertz CT molecular complexity index is 287. The standard InChI is InChI=1S/C12H19NO2/c1-4-14-13-9-11-7-5-6-8-12(11)15-10(2)3/h5-8,10,13H,4,9H2,1-3H3. The summed E-state index contributed by atoms with van der Waals surface area (Å²) in [5.74, 6) is 0.916. The maximum Gasteiger partial charge on any atom is 0.124 e. The normalized spacial score (nSPS) is 10.7. The first-order valence-electron chi connectivity index (χ1n) is 5.33. The van der Waals surface area contributed by atoms with Crippen molar-refractivity contribution < 1.29 is 9.57 Å². The van der Waals surface area contributed by atoms with Crippen LogP contribution in [0.2, 0.25) is 0 Å². The zero-order valence-electron chi connectivity index (χ0n) is 9.62. The van der Waals surface area contributed by atoms with Gasteiger partial charge in [-0.3, -0.25) is 0 Å². The maximum absolute atomic E-state index is 5.68. The molecule has 0 heterocycles. The molecule has 1 rings (SSSR count). The summed E-state index contributed by atoms with van der Waals surface area (Å²) in [6.07, 6.45) is 0.193. The SMILES string of the molecule is CCONCc1ccccc1OC(C)C. The molecule has 0 saturated heterocycles. The van der Waals surface area contributed by atoms with Gasteiger partial charge in [0.2, 0.25) is 0 Å². The topological polar surface area (TPSA) is 30.5 Å². The minimum Gasteiger partial charge on any atom is -0.491 e. The van der Waals surface area contributed by atoms with Crippen LogP contribution in [0.5, 0.6) is 5.75 Å². The van der Waals surface area contributed by atoms with Gasteiger partial charge in [0.25, 0.3) is 0 Å². The summed E-state index contributed by atoms with van der Waals surface area (Å²) < 4.78 is 5.68. The van der Waals surface area contributed by atoms with E-state index in [1.807, 2.05) is 45.0 Å². The number of hydrogen-bond acceptors (Lipinski definition) is 3. The number of nitrogens with one attached hydrogen (secondary N) is 1. The highest BCUT2D eigenvalue weighted by molar-refractivity contribution is 5.33. The molecule has 3 heteroatoms. The van der Waals surface area contributed by atoms with E-state index < -0.39 is 0 Å². The lowest BCUT2D eigenvalue weighted by Crippen LogP contribution is -2.15. The Morgan fingerprint density at radius 1 is 1.27 bits per heavy atom. The molecule has 0 unspecified atom stereocenters. The number of para-hydroxylation sites is 1. The van der Waals surface area contributed by atoms with E-state index in [1.54, 1.807) is 0 Å². The monoisotopic (exact) mass is 209 g/mol. The molecule has 0 aromatic heterocycles. The van der Waals surface area contributed by atoms with Gasteiger partial charge in [-0.2, -0.15) is 5.48 Å². The summed E-state index contributed by atoms with van der Waals surface area (Å²) in [4.78, 5) is 5.09. The van der Waals surface area contributed by atoms with Crippen LogP contribution < -0.4 is 10.2 Å². The van der Waals surface area contributed by atoms with E-state index in [0.717, 1.165) is 11.3 Å². The molecule has 1 aromatic carbocycles. The van der Waals surface area contributed by atoms with Crippen LogP contribution in [0.1, 0.15) is 26.3 Å². The highest BCUT2D eigenvalue weighted by atomic mass is 16.6. The molecular weight excluding hydrogens is 190 g/mol. The summed E-state index contributed by atoms with van der Waals surface area (Å²) in [5, 5.41) is 0. The predicted molar refractivity (Wildman–Crippen MR) is 60.7 cm³/mol. The molecule has 0 aliphatic rings. The van der Waals surface area contributed by atoms with E-state index in [0.29, 0.717) is 13.2 Å². The van der Waals surface area contributed by atoms with E-state index in [1.165, 1.54) is 0 Å². The first kappa shape index (κ1) is 12.0. The van der Waals surface area contributed by atoms with Gasteiger partial charge in [0.15, 0.2) is 0 Å². The summed E-state index contributed by atoms with van der Waals surface area (Å²) in [5.41, 5.74) is 4.00. The summed E-state index contributed by atoms with van der Waals surface area (Å²) in [6, 6.07) is 7.98. The number of hydrogen-bond donors (Lipinski definition) is 1.